The Balaban J connectivity index is 2.07. The molecular formula is C13H23N3. The largest absolute Gasteiger partial charge is 0.307 e. The minimum absolute atomic E-state index is 0.527. The Labute approximate surface area is 98.2 Å². The first-order chi connectivity index (χ1) is 7.72. The van der Waals surface area contributed by atoms with Gasteiger partial charge in [0.2, 0.25) is 0 Å². The molecule has 2 atom stereocenters. The van der Waals surface area contributed by atoms with Crippen molar-refractivity contribution in [1.82, 2.24) is 15.1 Å². The van der Waals surface area contributed by atoms with Crippen molar-refractivity contribution in [2.45, 2.75) is 58.0 Å². The van der Waals surface area contributed by atoms with Gasteiger partial charge in [0.05, 0.1) is 6.20 Å². The van der Waals surface area contributed by atoms with E-state index < -0.39 is 0 Å². The average Bonchev–Trinajstić information content (AvgIpc) is 2.62. The number of aryl methyl sites for hydroxylation is 1. The van der Waals surface area contributed by atoms with Gasteiger partial charge in [0, 0.05) is 30.4 Å². The fraction of sp³-hybridized carbons (Fsp3) is 0.769. The second-order valence-corrected chi connectivity index (χ2v) is 4.97. The van der Waals surface area contributed by atoms with Gasteiger partial charge in [-0.1, -0.05) is 13.3 Å². The van der Waals surface area contributed by atoms with Crippen LogP contribution < -0.4 is 5.32 Å². The average molecular weight is 221 g/mol. The lowest BCUT2D eigenvalue weighted by atomic mass is 9.92. The van der Waals surface area contributed by atoms with Gasteiger partial charge in [0.25, 0.3) is 0 Å². The molecule has 3 heteroatoms. The lowest BCUT2D eigenvalue weighted by Crippen LogP contribution is -2.32. The van der Waals surface area contributed by atoms with Gasteiger partial charge in [0.15, 0.2) is 0 Å². The maximum absolute atomic E-state index is 4.38. The first-order valence-corrected chi connectivity index (χ1v) is 6.49. The molecule has 0 fully saturated rings. The van der Waals surface area contributed by atoms with Crippen LogP contribution in [0.1, 0.15) is 56.8 Å². The number of nitrogens with one attached hydrogen (secondary N) is 1. The molecule has 1 aromatic rings. The summed E-state index contributed by atoms with van der Waals surface area (Å²) in [6, 6.07) is 1.14. The molecule has 1 aromatic heterocycles. The zero-order valence-electron chi connectivity index (χ0n) is 10.7. The Morgan fingerprint density at radius 2 is 2.44 bits per heavy atom. The SMILES string of the molecule is CCCC(C)NC1CCCc2c1cnn2C. The predicted octanol–water partition coefficient (Wildman–Crippen LogP) is 2.58. The highest BCUT2D eigenvalue weighted by molar-refractivity contribution is 5.24. The van der Waals surface area contributed by atoms with Crippen molar-refractivity contribution in [2.75, 3.05) is 0 Å². The zero-order chi connectivity index (χ0) is 11.5. The maximum Gasteiger partial charge on any atom is 0.0540 e. The summed E-state index contributed by atoms with van der Waals surface area (Å²) < 4.78 is 2.04. The normalized spacial score (nSPS) is 21.8. The molecule has 0 amide bonds. The molecule has 0 aliphatic heterocycles. The standard InChI is InChI=1S/C13H23N3/c1-4-6-10(2)15-12-7-5-8-13-11(12)9-14-16(13)3/h9-10,12,15H,4-8H2,1-3H3. The van der Waals surface area contributed by atoms with Crippen LogP contribution >= 0.6 is 0 Å². The monoisotopic (exact) mass is 221 g/mol. The third kappa shape index (κ3) is 2.29. The number of hydrogen-bond acceptors (Lipinski definition) is 2. The van der Waals surface area contributed by atoms with Crippen LogP contribution in [0, 0.1) is 0 Å². The van der Waals surface area contributed by atoms with E-state index >= 15 is 0 Å². The molecule has 0 saturated heterocycles. The number of rotatable bonds is 4. The van der Waals surface area contributed by atoms with E-state index in [1.54, 1.807) is 0 Å². The predicted molar refractivity (Wildman–Crippen MR) is 66.4 cm³/mol. The summed E-state index contributed by atoms with van der Waals surface area (Å²) >= 11 is 0. The molecule has 0 aromatic carbocycles. The van der Waals surface area contributed by atoms with E-state index in [1.165, 1.54) is 43.4 Å². The van der Waals surface area contributed by atoms with Gasteiger partial charge in [0.1, 0.15) is 0 Å². The highest BCUT2D eigenvalue weighted by atomic mass is 15.3. The van der Waals surface area contributed by atoms with Crippen molar-refractivity contribution in [2.24, 2.45) is 7.05 Å². The minimum atomic E-state index is 0.527. The van der Waals surface area contributed by atoms with Crippen molar-refractivity contribution in [3.63, 3.8) is 0 Å². The summed E-state index contributed by atoms with van der Waals surface area (Å²) in [6.45, 7) is 4.53. The number of nitrogens with zero attached hydrogens (tertiary/aromatic N) is 2. The van der Waals surface area contributed by atoms with Gasteiger partial charge < -0.3 is 5.32 Å². The Kier molecular flexibility index (Phi) is 3.64. The zero-order valence-corrected chi connectivity index (χ0v) is 10.7. The molecule has 0 radical (unpaired) electrons. The molecule has 1 aliphatic rings. The molecule has 0 saturated carbocycles. The number of hydrogen-bond donors (Lipinski definition) is 1. The van der Waals surface area contributed by atoms with E-state index in [4.69, 9.17) is 0 Å². The lowest BCUT2D eigenvalue weighted by Gasteiger charge is -2.27. The second-order valence-electron chi connectivity index (χ2n) is 4.97. The van der Waals surface area contributed by atoms with Crippen molar-refractivity contribution in [1.29, 1.82) is 0 Å². The summed E-state index contributed by atoms with van der Waals surface area (Å²) in [7, 11) is 2.05. The van der Waals surface area contributed by atoms with Crippen molar-refractivity contribution >= 4 is 0 Å². The topological polar surface area (TPSA) is 29.9 Å². The van der Waals surface area contributed by atoms with Crippen LogP contribution in [-0.2, 0) is 13.5 Å². The van der Waals surface area contributed by atoms with Crippen LogP contribution in [0.25, 0.3) is 0 Å². The summed E-state index contributed by atoms with van der Waals surface area (Å²) in [5.41, 5.74) is 2.85. The number of fused-ring (bicyclic) bond motifs is 1. The van der Waals surface area contributed by atoms with E-state index in [-0.39, 0.29) is 0 Å². The second kappa shape index (κ2) is 5.00. The van der Waals surface area contributed by atoms with Crippen molar-refractivity contribution < 1.29 is 0 Å². The van der Waals surface area contributed by atoms with Gasteiger partial charge in [-0.25, -0.2) is 0 Å². The molecule has 90 valence electrons. The first-order valence-electron chi connectivity index (χ1n) is 6.49. The van der Waals surface area contributed by atoms with Crippen LogP contribution in [0.5, 0.6) is 0 Å². The first kappa shape index (κ1) is 11.6. The maximum atomic E-state index is 4.38. The Hall–Kier alpha value is -0.830. The van der Waals surface area contributed by atoms with Crippen LogP contribution in [0.15, 0.2) is 6.20 Å². The fourth-order valence-corrected chi connectivity index (χ4v) is 2.74. The summed E-state index contributed by atoms with van der Waals surface area (Å²) in [6.07, 6.45) is 8.28. The third-order valence-corrected chi connectivity index (χ3v) is 3.58. The highest BCUT2D eigenvalue weighted by Crippen LogP contribution is 2.29. The van der Waals surface area contributed by atoms with E-state index in [0.29, 0.717) is 12.1 Å². The van der Waals surface area contributed by atoms with Gasteiger partial charge in [-0.15, -0.1) is 0 Å². The highest BCUT2D eigenvalue weighted by Gasteiger charge is 2.23. The molecule has 2 rings (SSSR count). The van der Waals surface area contributed by atoms with Gasteiger partial charge in [-0.3, -0.25) is 4.68 Å². The smallest absolute Gasteiger partial charge is 0.0540 e. The summed E-state index contributed by atoms with van der Waals surface area (Å²) in [5.74, 6) is 0. The molecule has 2 unspecified atom stereocenters. The minimum Gasteiger partial charge on any atom is -0.307 e. The van der Waals surface area contributed by atoms with Crippen LogP contribution in [0.4, 0.5) is 0 Å². The van der Waals surface area contributed by atoms with Gasteiger partial charge >= 0.3 is 0 Å². The Morgan fingerprint density at radius 3 is 3.19 bits per heavy atom. The molecular weight excluding hydrogens is 198 g/mol. The van der Waals surface area contributed by atoms with Gasteiger partial charge in [-0.2, -0.15) is 5.10 Å². The van der Waals surface area contributed by atoms with E-state index in [1.807, 2.05) is 10.9 Å². The third-order valence-electron chi connectivity index (χ3n) is 3.58. The molecule has 3 nitrogen and oxygen atoms in total. The quantitative estimate of drug-likeness (QED) is 0.847. The van der Waals surface area contributed by atoms with Crippen molar-refractivity contribution in [3.05, 3.63) is 17.5 Å². The van der Waals surface area contributed by atoms with Crippen LogP contribution in [0.2, 0.25) is 0 Å². The van der Waals surface area contributed by atoms with Crippen molar-refractivity contribution in [3.8, 4) is 0 Å². The van der Waals surface area contributed by atoms with Crippen LogP contribution in [0.3, 0.4) is 0 Å². The number of aromatic nitrogens is 2. The molecule has 1 heterocycles. The van der Waals surface area contributed by atoms with Gasteiger partial charge in [-0.05, 0) is 32.6 Å². The molecule has 16 heavy (non-hydrogen) atoms. The molecule has 0 bridgehead atoms. The molecule has 1 N–H and O–H groups in total. The lowest BCUT2D eigenvalue weighted by molar-refractivity contribution is 0.390. The van der Waals surface area contributed by atoms with E-state index in [2.05, 4.69) is 31.3 Å². The summed E-state index contributed by atoms with van der Waals surface area (Å²) in [4.78, 5) is 0. The molecule has 1 aliphatic carbocycles. The van der Waals surface area contributed by atoms with E-state index in [0.717, 1.165) is 0 Å². The van der Waals surface area contributed by atoms with Crippen LogP contribution in [-0.4, -0.2) is 15.8 Å². The molecule has 0 spiro atoms. The Bertz CT molecular complexity index is 343. The Morgan fingerprint density at radius 1 is 1.62 bits per heavy atom. The summed E-state index contributed by atoms with van der Waals surface area (Å²) in [5, 5.41) is 8.11. The van der Waals surface area contributed by atoms with E-state index in [9.17, 15) is 0 Å². The fourth-order valence-electron chi connectivity index (χ4n) is 2.74.